The highest BCUT2D eigenvalue weighted by Crippen LogP contribution is 2.41. The number of sulfone groups is 2. The van der Waals surface area contributed by atoms with E-state index >= 15 is 0 Å². The normalized spacial score (nSPS) is 17.8. The van der Waals surface area contributed by atoms with Crippen molar-refractivity contribution < 1.29 is 21.6 Å². The topological polar surface area (TPSA) is 90.4 Å². The van der Waals surface area contributed by atoms with Gasteiger partial charge < -0.3 is 4.74 Å². The molecule has 0 saturated heterocycles. The van der Waals surface area contributed by atoms with E-state index in [0.717, 1.165) is 5.69 Å². The number of benzene rings is 2. The molecule has 1 aliphatic heterocycles. The number of aromatic nitrogens is 1. The minimum atomic E-state index is -3.85. The Morgan fingerprint density at radius 3 is 2.39 bits per heavy atom. The van der Waals surface area contributed by atoms with Crippen LogP contribution in [-0.4, -0.2) is 27.6 Å². The van der Waals surface area contributed by atoms with Gasteiger partial charge in [-0.2, -0.15) is 0 Å². The molecule has 1 atom stereocenters. The molecule has 0 N–H and O–H groups in total. The van der Waals surface area contributed by atoms with Gasteiger partial charge in [-0.3, -0.25) is 4.98 Å². The second-order valence-corrected chi connectivity index (χ2v) is 10.6. The minimum absolute atomic E-state index is 0.0644. The summed E-state index contributed by atoms with van der Waals surface area (Å²) in [6, 6.07) is 17.8. The Kier molecular flexibility index (Phi) is 4.68. The van der Waals surface area contributed by atoms with Gasteiger partial charge in [-0.15, -0.1) is 0 Å². The maximum atomic E-state index is 13.1. The first-order valence-corrected chi connectivity index (χ1v) is 11.8. The monoisotopic (exact) mass is 415 g/mol. The van der Waals surface area contributed by atoms with Crippen LogP contribution in [0.15, 0.2) is 82.7 Å². The fourth-order valence-electron chi connectivity index (χ4n) is 3.20. The van der Waals surface area contributed by atoms with E-state index in [2.05, 4.69) is 4.98 Å². The van der Waals surface area contributed by atoms with E-state index in [9.17, 15) is 16.8 Å². The van der Waals surface area contributed by atoms with Gasteiger partial charge in [0.2, 0.25) is 0 Å². The van der Waals surface area contributed by atoms with Crippen LogP contribution in [-0.2, 0) is 26.3 Å². The summed E-state index contributed by atoms with van der Waals surface area (Å²) in [5, 5.41) is -1.10. The van der Waals surface area contributed by atoms with Crippen molar-refractivity contribution in [1.29, 1.82) is 0 Å². The molecule has 0 saturated carbocycles. The molecular weight excluding hydrogens is 398 g/mol. The maximum Gasteiger partial charge on any atom is 0.186 e. The van der Waals surface area contributed by atoms with E-state index in [1.54, 1.807) is 36.5 Å². The number of hydrogen-bond acceptors (Lipinski definition) is 6. The van der Waals surface area contributed by atoms with Gasteiger partial charge in [0.1, 0.15) is 17.6 Å². The maximum absolute atomic E-state index is 13.1. The fourth-order valence-corrected chi connectivity index (χ4v) is 7.52. The van der Waals surface area contributed by atoms with Gasteiger partial charge in [0.25, 0.3) is 0 Å². The van der Waals surface area contributed by atoms with E-state index in [1.165, 1.54) is 18.2 Å². The number of hydrogen-bond donors (Lipinski definition) is 0. The fraction of sp³-hybridized carbons (Fsp3) is 0.150. The highest BCUT2D eigenvalue weighted by atomic mass is 32.2. The zero-order valence-electron chi connectivity index (χ0n) is 14.7. The SMILES string of the molecule is O=S1(=O)CC(S(=O)(=O)c2ccc(OCc3ccccn3)cc2)c2ccccc21. The Hall–Kier alpha value is -2.71. The van der Waals surface area contributed by atoms with E-state index in [-0.39, 0.29) is 16.4 Å². The standard InChI is InChI=1S/C20H17NO5S2/c22-27(23)14-20(18-6-1-2-7-19(18)27)28(24,25)17-10-8-16(9-11-17)26-13-15-5-3-4-12-21-15/h1-12,20H,13-14H2. The molecule has 0 bridgehead atoms. The van der Waals surface area contributed by atoms with E-state index in [1.807, 2.05) is 18.2 Å². The van der Waals surface area contributed by atoms with Gasteiger partial charge in [-0.1, -0.05) is 24.3 Å². The van der Waals surface area contributed by atoms with Gasteiger partial charge in [-0.05, 0) is 48.0 Å². The Morgan fingerprint density at radius 2 is 1.68 bits per heavy atom. The predicted molar refractivity (Wildman–Crippen MR) is 103 cm³/mol. The molecule has 8 heteroatoms. The summed E-state index contributed by atoms with van der Waals surface area (Å²) < 4.78 is 56.4. The minimum Gasteiger partial charge on any atom is -0.487 e. The molecule has 0 aliphatic carbocycles. The average Bonchev–Trinajstić information content (AvgIpc) is 3.00. The van der Waals surface area contributed by atoms with Crippen molar-refractivity contribution in [2.24, 2.45) is 0 Å². The summed E-state index contributed by atoms with van der Waals surface area (Å²) >= 11 is 0. The molecule has 0 spiro atoms. The van der Waals surface area contributed by atoms with Gasteiger partial charge in [0.15, 0.2) is 19.7 Å². The quantitative estimate of drug-likeness (QED) is 0.636. The lowest BCUT2D eigenvalue weighted by atomic mass is 10.2. The lowest BCUT2D eigenvalue weighted by molar-refractivity contribution is 0.301. The molecule has 144 valence electrons. The number of rotatable bonds is 5. The van der Waals surface area contributed by atoms with E-state index in [4.69, 9.17) is 4.74 Å². The predicted octanol–water partition coefficient (Wildman–Crippen LogP) is 2.96. The van der Waals surface area contributed by atoms with Gasteiger partial charge >= 0.3 is 0 Å². The molecular formula is C20H17NO5S2. The Morgan fingerprint density at radius 1 is 0.964 bits per heavy atom. The third kappa shape index (κ3) is 3.41. The highest BCUT2D eigenvalue weighted by molar-refractivity contribution is 7.96. The first kappa shape index (κ1) is 18.6. The molecule has 28 heavy (non-hydrogen) atoms. The van der Waals surface area contributed by atoms with Crippen molar-refractivity contribution in [3.05, 3.63) is 84.2 Å². The molecule has 2 aromatic carbocycles. The number of fused-ring (bicyclic) bond motifs is 1. The van der Waals surface area contributed by atoms with Crippen LogP contribution in [0, 0.1) is 0 Å². The smallest absolute Gasteiger partial charge is 0.186 e. The van der Waals surface area contributed by atoms with Crippen molar-refractivity contribution in [2.45, 2.75) is 21.6 Å². The molecule has 0 amide bonds. The molecule has 1 unspecified atom stereocenters. The summed E-state index contributed by atoms with van der Waals surface area (Å²) in [5.74, 6) is 0.0659. The molecule has 1 aliphatic rings. The molecule has 6 nitrogen and oxygen atoms in total. The Balaban J connectivity index is 1.57. The summed E-state index contributed by atoms with van der Waals surface area (Å²) in [6.07, 6.45) is 1.67. The number of ether oxygens (including phenoxy) is 1. The van der Waals surface area contributed by atoms with Gasteiger partial charge in [-0.25, -0.2) is 16.8 Å². The van der Waals surface area contributed by atoms with Crippen LogP contribution in [0.4, 0.5) is 0 Å². The van der Waals surface area contributed by atoms with Crippen molar-refractivity contribution in [1.82, 2.24) is 4.98 Å². The second-order valence-electron chi connectivity index (χ2n) is 6.43. The lowest BCUT2D eigenvalue weighted by Crippen LogP contribution is -2.15. The van der Waals surface area contributed by atoms with Crippen LogP contribution < -0.4 is 4.74 Å². The molecule has 0 fully saturated rings. The number of pyridine rings is 1. The third-order valence-corrected chi connectivity index (χ3v) is 8.74. The van der Waals surface area contributed by atoms with Gasteiger partial charge in [0, 0.05) is 6.20 Å². The number of nitrogens with zero attached hydrogens (tertiary/aromatic N) is 1. The van der Waals surface area contributed by atoms with Crippen LogP contribution >= 0.6 is 0 Å². The third-order valence-electron chi connectivity index (χ3n) is 4.61. The second kappa shape index (κ2) is 7.03. The van der Waals surface area contributed by atoms with Crippen LogP contribution in [0.2, 0.25) is 0 Å². The summed E-state index contributed by atoms with van der Waals surface area (Å²) in [7, 11) is -7.46. The molecule has 1 aromatic heterocycles. The molecule has 0 radical (unpaired) electrons. The zero-order valence-corrected chi connectivity index (χ0v) is 16.4. The molecule has 4 rings (SSSR count). The van der Waals surface area contributed by atoms with Crippen molar-refractivity contribution in [3.63, 3.8) is 0 Å². The zero-order chi connectivity index (χ0) is 19.8. The molecule has 2 heterocycles. The summed E-state index contributed by atoms with van der Waals surface area (Å²) in [5.41, 5.74) is 1.09. The first-order valence-electron chi connectivity index (χ1n) is 8.56. The van der Waals surface area contributed by atoms with Crippen LogP contribution in [0.3, 0.4) is 0 Å². The van der Waals surface area contributed by atoms with Crippen LogP contribution in [0.5, 0.6) is 5.75 Å². The summed E-state index contributed by atoms with van der Waals surface area (Å²) in [4.78, 5) is 4.32. The van der Waals surface area contributed by atoms with Crippen LogP contribution in [0.25, 0.3) is 0 Å². The average molecular weight is 415 g/mol. The lowest BCUT2D eigenvalue weighted by Gasteiger charge is -2.13. The van der Waals surface area contributed by atoms with E-state index < -0.39 is 30.7 Å². The first-order chi connectivity index (χ1) is 13.4. The Bertz CT molecular complexity index is 1200. The van der Waals surface area contributed by atoms with Crippen molar-refractivity contribution >= 4 is 19.7 Å². The highest BCUT2D eigenvalue weighted by Gasteiger charge is 2.42. The molecule has 3 aromatic rings. The van der Waals surface area contributed by atoms with Crippen molar-refractivity contribution in [3.8, 4) is 5.75 Å². The van der Waals surface area contributed by atoms with Crippen molar-refractivity contribution in [2.75, 3.05) is 5.75 Å². The largest absolute Gasteiger partial charge is 0.487 e. The summed E-state index contributed by atoms with van der Waals surface area (Å²) in [6.45, 7) is 0.265. The van der Waals surface area contributed by atoms with Crippen LogP contribution in [0.1, 0.15) is 16.5 Å². The Labute approximate surface area is 163 Å². The van der Waals surface area contributed by atoms with E-state index in [0.29, 0.717) is 11.3 Å². The van der Waals surface area contributed by atoms with Gasteiger partial charge in [0.05, 0.1) is 21.2 Å².